The van der Waals surface area contributed by atoms with Gasteiger partial charge >= 0.3 is 5.97 Å². The molecule has 2 heterocycles. The molecule has 220 valence electrons. The van der Waals surface area contributed by atoms with E-state index < -0.39 is 28.0 Å². The van der Waals surface area contributed by atoms with Crippen LogP contribution < -0.4 is 15.6 Å². The third-order valence-corrected chi connectivity index (χ3v) is 8.91. The number of aromatic nitrogens is 3. The monoisotopic (exact) mass is 617 g/mol. The normalized spacial score (nSPS) is 12.1. The van der Waals surface area contributed by atoms with Gasteiger partial charge in [-0.05, 0) is 62.1 Å². The minimum Gasteiger partial charge on any atom is -0.448 e. The number of nitrogens with one attached hydrogen (secondary N) is 2. The molecule has 5 aromatic rings. The maximum atomic E-state index is 13.6. The number of benzene rings is 3. The lowest BCUT2D eigenvalue weighted by Crippen LogP contribution is -2.33. The number of carbonyl (C=O) groups is 2. The van der Waals surface area contributed by atoms with Gasteiger partial charge in [-0.25, -0.2) is 13.2 Å². The first-order valence-corrected chi connectivity index (χ1v) is 15.4. The average molecular weight is 618 g/mol. The molecule has 0 aliphatic heterocycles. The van der Waals surface area contributed by atoms with Crippen LogP contribution in [-0.4, -0.2) is 41.2 Å². The van der Waals surface area contributed by atoms with Crippen LogP contribution >= 0.6 is 11.3 Å². The molecule has 0 aliphatic carbocycles. The molecule has 0 aliphatic rings. The first-order chi connectivity index (χ1) is 20.4. The second-order valence-electron chi connectivity index (χ2n) is 9.79. The van der Waals surface area contributed by atoms with Crippen molar-refractivity contribution in [3.05, 3.63) is 99.4 Å². The van der Waals surface area contributed by atoms with Crippen LogP contribution in [0.25, 0.3) is 21.9 Å². The summed E-state index contributed by atoms with van der Waals surface area (Å²) in [5.41, 5.74) is 2.19. The number of aryl methyl sites for hydroxylation is 2. The molecule has 2 N–H and O–H groups in total. The van der Waals surface area contributed by atoms with Gasteiger partial charge in [-0.2, -0.15) is 0 Å². The Bertz CT molecular complexity index is 2020. The van der Waals surface area contributed by atoms with Gasteiger partial charge in [-0.3, -0.25) is 14.3 Å². The lowest BCUT2D eigenvalue weighted by molar-refractivity contribution is -0.123. The quantitative estimate of drug-likeness (QED) is 0.239. The van der Waals surface area contributed by atoms with Gasteiger partial charge in [0.1, 0.15) is 10.7 Å². The zero-order valence-electron chi connectivity index (χ0n) is 23.6. The van der Waals surface area contributed by atoms with Crippen LogP contribution in [0.15, 0.2) is 82.5 Å². The maximum Gasteiger partial charge on any atom is 0.356 e. The van der Waals surface area contributed by atoms with Gasteiger partial charge in [0.2, 0.25) is 5.13 Å². The number of hydrogen-bond donors (Lipinski definition) is 2. The molecule has 1 unspecified atom stereocenters. The molecule has 1 atom stereocenters. The molecule has 0 radical (unpaired) electrons. The summed E-state index contributed by atoms with van der Waals surface area (Å²) in [6.45, 7) is 5.06. The second-order valence-corrected chi connectivity index (χ2v) is 12.7. The average Bonchev–Trinajstić information content (AvgIpc) is 3.39. The minimum absolute atomic E-state index is 0.0138. The fourth-order valence-corrected chi connectivity index (χ4v) is 6.28. The highest BCUT2D eigenvalue weighted by molar-refractivity contribution is 7.93. The number of pyridine rings is 1. The Morgan fingerprint density at radius 1 is 0.930 bits per heavy atom. The summed E-state index contributed by atoms with van der Waals surface area (Å²) in [4.78, 5) is 39.6. The molecule has 0 spiro atoms. The van der Waals surface area contributed by atoms with Crippen LogP contribution in [-0.2, 0) is 26.6 Å². The van der Waals surface area contributed by atoms with Gasteiger partial charge in [0.15, 0.2) is 6.10 Å². The molecule has 2 aromatic heterocycles. The molecule has 0 bridgehead atoms. The van der Waals surface area contributed by atoms with E-state index in [4.69, 9.17) is 4.74 Å². The number of nitrogens with zero attached hydrogens (tertiary/aromatic N) is 3. The molecule has 1 amide bonds. The van der Waals surface area contributed by atoms with Crippen LogP contribution in [0.2, 0.25) is 0 Å². The Labute approximate surface area is 251 Å². The van der Waals surface area contributed by atoms with Gasteiger partial charge < -0.3 is 14.6 Å². The topological polar surface area (TPSA) is 149 Å². The van der Waals surface area contributed by atoms with Crippen molar-refractivity contribution in [1.29, 1.82) is 0 Å². The minimum atomic E-state index is -3.91. The highest BCUT2D eigenvalue weighted by atomic mass is 32.2. The van der Waals surface area contributed by atoms with Crippen LogP contribution in [0.5, 0.6) is 0 Å². The van der Waals surface area contributed by atoms with Gasteiger partial charge in [0.25, 0.3) is 21.5 Å². The van der Waals surface area contributed by atoms with E-state index in [0.717, 1.165) is 16.9 Å². The number of hydrogen-bond acceptors (Lipinski definition) is 9. The lowest BCUT2D eigenvalue weighted by Gasteiger charge is -2.19. The third-order valence-electron chi connectivity index (χ3n) is 6.67. The van der Waals surface area contributed by atoms with Gasteiger partial charge in [-0.1, -0.05) is 59.4 Å². The number of rotatable bonds is 8. The molecule has 0 fully saturated rings. The molecule has 13 heteroatoms. The molecule has 0 saturated heterocycles. The van der Waals surface area contributed by atoms with Crippen molar-refractivity contribution in [3.8, 4) is 11.1 Å². The van der Waals surface area contributed by atoms with E-state index in [1.165, 1.54) is 42.8 Å². The Morgan fingerprint density at radius 3 is 2.21 bits per heavy atom. The molecular formula is C30H27N5O6S2. The highest BCUT2D eigenvalue weighted by Gasteiger charge is 2.26. The van der Waals surface area contributed by atoms with Crippen LogP contribution in [0.1, 0.15) is 28.0 Å². The summed E-state index contributed by atoms with van der Waals surface area (Å²) < 4.78 is 34.4. The molecule has 43 heavy (non-hydrogen) atoms. The number of sulfonamides is 1. The number of ether oxygens (including phenoxy) is 1. The van der Waals surface area contributed by atoms with Gasteiger partial charge in [-0.15, -0.1) is 10.2 Å². The number of amides is 1. The van der Waals surface area contributed by atoms with E-state index in [2.05, 4.69) is 20.2 Å². The summed E-state index contributed by atoms with van der Waals surface area (Å²) in [5, 5.41) is 11.9. The van der Waals surface area contributed by atoms with E-state index in [-0.39, 0.29) is 27.0 Å². The number of anilines is 2. The van der Waals surface area contributed by atoms with Crippen LogP contribution in [0.3, 0.4) is 0 Å². The van der Waals surface area contributed by atoms with E-state index >= 15 is 0 Å². The Hall–Kier alpha value is -4.88. The number of fused-ring (bicyclic) bond motifs is 1. The SMILES string of the molecule is Cc1ccc(-c2c(C(=O)OC(C)C(=O)Nc3ccc(S(=O)(=O)Nc4nnc(C)s4)cc3)n(C)c(=O)c3ccccc23)cc1. The summed E-state index contributed by atoms with van der Waals surface area (Å²) in [6.07, 6.45) is -1.24. The van der Waals surface area contributed by atoms with E-state index in [0.29, 0.717) is 26.9 Å². The lowest BCUT2D eigenvalue weighted by atomic mass is 9.96. The van der Waals surface area contributed by atoms with Crippen molar-refractivity contribution in [3.63, 3.8) is 0 Å². The van der Waals surface area contributed by atoms with E-state index in [1.807, 2.05) is 31.2 Å². The standard InChI is InChI=1S/C30H27N5O6S2/c1-17-9-11-20(12-10-17)25-23-7-5-6-8-24(23)28(37)35(4)26(25)29(38)41-18(2)27(36)31-21-13-15-22(16-14-21)43(39,40)34-30-33-32-19(3)42-30/h5-16,18H,1-4H3,(H,31,36)(H,33,34). The number of carbonyl (C=O) groups excluding carboxylic acids is 2. The predicted molar refractivity (Wildman–Crippen MR) is 165 cm³/mol. The van der Waals surface area contributed by atoms with Crippen molar-refractivity contribution in [1.82, 2.24) is 14.8 Å². The molecule has 11 nitrogen and oxygen atoms in total. The Kier molecular flexibility index (Phi) is 8.11. The van der Waals surface area contributed by atoms with Crippen molar-refractivity contribution in [2.24, 2.45) is 7.05 Å². The van der Waals surface area contributed by atoms with Crippen LogP contribution in [0, 0.1) is 13.8 Å². The fraction of sp³-hybridized carbons (Fsp3) is 0.167. The smallest absolute Gasteiger partial charge is 0.356 e. The zero-order valence-corrected chi connectivity index (χ0v) is 25.2. The van der Waals surface area contributed by atoms with Gasteiger partial charge in [0.05, 0.1) is 4.90 Å². The maximum absolute atomic E-state index is 13.6. The molecule has 5 rings (SSSR count). The number of esters is 1. The van der Waals surface area contributed by atoms with Crippen LogP contribution in [0.4, 0.5) is 10.8 Å². The third kappa shape index (κ3) is 6.17. The summed E-state index contributed by atoms with van der Waals surface area (Å²) in [5.74, 6) is -1.49. The highest BCUT2D eigenvalue weighted by Crippen LogP contribution is 2.31. The Morgan fingerprint density at radius 2 is 1.58 bits per heavy atom. The fourth-order valence-electron chi connectivity index (χ4n) is 4.46. The van der Waals surface area contributed by atoms with Crippen molar-refractivity contribution in [2.45, 2.75) is 31.8 Å². The molecular weight excluding hydrogens is 590 g/mol. The predicted octanol–water partition coefficient (Wildman–Crippen LogP) is 4.66. The van der Waals surface area contributed by atoms with E-state index in [1.54, 1.807) is 31.2 Å². The van der Waals surface area contributed by atoms with Crippen molar-refractivity contribution < 1.29 is 22.7 Å². The summed E-state index contributed by atoms with van der Waals surface area (Å²) in [7, 11) is -2.42. The van der Waals surface area contributed by atoms with Crippen molar-refractivity contribution >= 4 is 54.8 Å². The Balaban J connectivity index is 1.36. The second kappa shape index (κ2) is 11.8. The summed E-state index contributed by atoms with van der Waals surface area (Å²) >= 11 is 1.10. The van der Waals surface area contributed by atoms with E-state index in [9.17, 15) is 22.8 Å². The molecule has 3 aromatic carbocycles. The van der Waals surface area contributed by atoms with Gasteiger partial charge in [0, 0.05) is 23.7 Å². The largest absolute Gasteiger partial charge is 0.448 e. The molecule has 0 saturated carbocycles. The van der Waals surface area contributed by atoms with Crippen molar-refractivity contribution in [2.75, 3.05) is 10.0 Å². The summed E-state index contributed by atoms with van der Waals surface area (Å²) in [6, 6.07) is 20.0. The zero-order chi connectivity index (χ0) is 30.9. The first kappa shape index (κ1) is 29.6. The first-order valence-electron chi connectivity index (χ1n) is 13.1.